The molecule has 1 saturated carbocycles. The van der Waals surface area contributed by atoms with Crippen molar-refractivity contribution in [3.05, 3.63) is 16.3 Å². The fourth-order valence-corrected chi connectivity index (χ4v) is 2.43. The fraction of sp³-hybridized carbons (Fsp3) is 0.667. The molecule has 0 aromatic carbocycles. The molecule has 0 atom stereocenters. The lowest BCUT2D eigenvalue weighted by Crippen LogP contribution is -2.21. The van der Waals surface area contributed by atoms with Gasteiger partial charge in [-0.05, 0) is 24.7 Å². The summed E-state index contributed by atoms with van der Waals surface area (Å²) in [4.78, 5) is 17.9. The van der Waals surface area contributed by atoms with Crippen molar-refractivity contribution in [1.29, 1.82) is 0 Å². The summed E-state index contributed by atoms with van der Waals surface area (Å²) in [5.74, 6) is 1.61. The molecule has 0 aliphatic heterocycles. The normalized spacial score (nSPS) is 23.0. The highest BCUT2D eigenvalue weighted by Crippen LogP contribution is 2.29. The van der Waals surface area contributed by atoms with Crippen molar-refractivity contribution in [1.82, 2.24) is 9.97 Å². The molecule has 1 aromatic heterocycles. The van der Waals surface area contributed by atoms with Crippen LogP contribution < -0.4 is 11.1 Å². The van der Waals surface area contributed by atoms with Crippen molar-refractivity contribution in [2.45, 2.75) is 32.6 Å². The third kappa shape index (κ3) is 3.52. The first-order valence-corrected chi connectivity index (χ1v) is 6.57. The number of nitrogens with one attached hydrogen (secondary N) is 1. The van der Waals surface area contributed by atoms with Crippen LogP contribution in [0, 0.1) is 22.0 Å². The minimum absolute atomic E-state index is 0.0466. The maximum absolute atomic E-state index is 10.9. The van der Waals surface area contributed by atoms with Crippen LogP contribution in [0.1, 0.15) is 32.6 Å². The van der Waals surface area contributed by atoms with Crippen molar-refractivity contribution < 1.29 is 4.92 Å². The quantitative estimate of drug-likeness (QED) is 0.638. The molecule has 1 aliphatic carbocycles. The number of rotatable bonds is 4. The van der Waals surface area contributed by atoms with Crippen LogP contribution in [0.5, 0.6) is 0 Å². The molecule has 0 spiro atoms. The fourth-order valence-electron chi connectivity index (χ4n) is 2.43. The van der Waals surface area contributed by atoms with Crippen LogP contribution in [0.15, 0.2) is 6.20 Å². The summed E-state index contributed by atoms with van der Waals surface area (Å²) in [7, 11) is 0. The molecule has 2 rings (SSSR count). The number of nitrogens with zero attached hydrogens (tertiary/aromatic N) is 3. The van der Waals surface area contributed by atoms with Crippen LogP contribution in [0.4, 0.5) is 17.5 Å². The van der Waals surface area contributed by atoms with Crippen molar-refractivity contribution in [3.63, 3.8) is 0 Å². The minimum Gasteiger partial charge on any atom is -0.368 e. The predicted molar refractivity (Wildman–Crippen MR) is 72.7 cm³/mol. The topological polar surface area (TPSA) is 107 Å². The number of anilines is 2. The Morgan fingerprint density at radius 3 is 2.79 bits per heavy atom. The Bertz CT molecular complexity index is 457. The van der Waals surface area contributed by atoms with Crippen molar-refractivity contribution >= 4 is 17.5 Å². The highest BCUT2D eigenvalue weighted by Gasteiger charge is 2.21. The summed E-state index contributed by atoms with van der Waals surface area (Å²) < 4.78 is 0. The zero-order chi connectivity index (χ0) is 13.8. The van der Waals surface area contributed by atoms with Gasteiger partial charge in [-0.15, -0.1) is 0 Å². The van der Waals surface area contributed by atoms with Crippen molar-refractivity contribution in [2.75, 3.05) is 17.6 Å². The molecule has 7 nitrogen and oxygen atoms in total. The standard InChI is InChI=1S/C12H19N5O2/c1-8-2-4-9(5-3-8)6-14-11-10(17(18)19)7-15-12(13)16-11/h7-9H,2-6H2,1H3,(H3,13,14,15,16). The number of hydrogen-bond acceptors (Lipinski definition) is 6. The van der Waals surface area contributed by atoms with E-state index < -0.39 is 4.92 Å². The maximum atomic E-state index is 10.9. The summed E-state index contributed by atoms with van der Waals surface area (Å²) in [5, 5.41) is 13.9. The lowest BCUT2D eigenvalue weighted by Gasteiger charge is -2.26. The summed E-state index contributed by atoms with van der Waals surface area (Å²) in [6.45, 7) is 2.96. The average molecular weight is 265 g/mol. The van der Waals surface area contributed by atoms with Gasteiger partial charge in [0.05, 0.1) is 4.92 Å². The lowest BCUT2D eigenvalue weighted by atomic mass is 9.83. The van der Waals surface area contributed by atoms with Crippen LogP contribution >= 0.6 is 0 Å². The maximum Gasteiger partial charge on any atom is 0.329 e. The van der Waals surface area contributed by atoms with Crippen molar-refractivity contribution in [2.24, 2.45) is 11.8 Å². The molecule has 1 heterocycles. The summed E-state index contributed by atoms with van der Waals surface area (Å²) in [6.07, 6.45) is 5.90. The van der Waals surface area contributed by atoms with E-state index in [2.05, 4.69) is 22.2 Å². The third-order valence-electron chi connectivity index (χ3n) is 3.68. The summed E-state index contributed by atoms with van der Waals surface area (Å²) in [6, 6.07) is 0. The molecule has 0 bridgehead atoms. The monoisotopic (exact) mass is 265 g/mol. The minimum atomic E-state index is -0.495. The molecule has 0 unspecified atom stereocenters. The van der Waals surface area contributed by atoms with E-state index in [0.29, 0.717) is 12.5 Å². The SMILES string of the molecule is CC1CCC(CNc2nc(N)ncc2[N+](=O)[O-])CC1. The van der Waals surface area contributed by atoms with Crippen LogP contribution in [0.25, 0.3) is 0 Å². The van der Waals surface area contributed by atoms with Crippen LogP contribution in [0.2, 0.25) is 0 Å². The third-order valence-corrected chi connectivity index (χ3v) is 3.68. The van der Waals surface area contributed by atoms with Gasteiger partial charge in [0.1, 0.15) is 6.20 Å². The summed E-state index contributed by atoms with van der Waals surface area (Å²) in [5.41, 5.74) is 5.34. The molecular formula is C12H19N5O2. The predicted octanol–water partition coefficient (Wildman–Crippen LogP) is 2.21. The van der Waals surface area contributed by atoms with Gasteiger partial charge in [-0.25, -0.2) is 4.98 Å². The number of hydrogen-bond donors (Lipinski definition) is 2. The van der Waals surface area contributed by atoms with E-state index in [-0.39, 0.29) is 17.5 Å². The molecule has 1 fully saturated rings. The lowest BCUT2D eigenvalue weighted by molar-refractivity contribution is -0.384. The number of nitro groups is 1. The number of aromatic nitrogens is 2. The Kier molecular flexibility index (Phi) is 4.13. The van der Waals surface area contributed by atoms with Gasteiger partial charge in [0.2, 0.25) is 11.8 Å². The van der Waals surface area contributed by atoms with Crippen LogP contribution in [-0.4, -0.2) is 21.4 Å². The second-order valence-electron chi connectivity index (χ2n) is 5.23. The first kappa shape index (κ1) is 13.5. The van der Waals surface area contributed by atoms with Gasteiger partial charge in [0.25, 0.3) is 0 Å². The Balaban J connectivity index is 1.98. The smallest absolute Gasteiger partial charge is 0.329 e. The summed E-state index contributed by atoms with van der Waals surface area (Å²) >= 11 is 0. The Morgan fingerprint density at radius 2 is 2.16 bits per heavy atom. The molecule has 0 amide bonds. The zero-order valence-electron chi connectivity index (χ0n) is 11.0. The number of nitrogen functional groups attached to an aromatic ring is 1. The van der Waals surface area contributed by atoms with E-state index in [1.807, 2.05) is 0 Å². The second kappa shape index (κ2) is 5.81. The molecule has 19 heavy (non-hydrogen) atoms. The molecule has 0 saturated heterocycles. The van der Waals surface area contributed by atoms with E-state index in [0.717, 1.165) is 25.0 Å². The van der Waals surface area contributed by atoms with E-state index in [1.54, 1.807) is 0 Å². The van der Waals surface area contributed by atoms with Gasteiger partial charge < -0.3 is 11.1 Å². The van der Waals surface area contributed by atoms with E-state index in [4.69, 9.17) is 5.73 Å². The molecule has 1 aromatic rings. The first-order chi connectivity index (χ1) is 9.06. The zero-order valence-corrected chi connectivity index (χ0v) is 11.0. The van der Waals surface area contributed by atoms with Crippen LogP contribution in [0.3, 0.4) is 0 Å². The second-order valence-corrected chi connectivity index (χ2v) is 5.23. The molecule has 3 N–H and O–H groups in total. The van der Waals surface area contributed by atoms with Gasteiger partial charge in [-0.1, -0.05) is 19.8 Å². The van der Waals surface area contributed by atoms with Gasteiger partial charge in [0.15, 0.2) is 0 Å². The molecule has 0 radical (unpaired) electrons. The Hall–Kier alpha value is -1.92. The number of nitrogens with two attached hydrogens (primary N) is 1. The van der Waals surface area contributed by atoms with E-state index in [9.17, 15) is 10.1 Å². The van der Waals surface area contributed by atoms with E-state index in [1.165, 1.54) is 12.8 Å². The Labute approximate surface area is 111 Å². The first-order valence-electron chi connectivity index (χ1n) is 6.57. The molecule has 1 aliphatic rings. The highest BCUT2D eigenvalue weighted by atomic mass is 16.6. The van der Waals surface area contributed by atoms with Gasteiger partial charge in [-0.3, -0.25) is 10.1 Å². The Morgan fingerprint density at radius 1 is 1.47 bits per heavy atom. The van der Waals surface area contributed by atoms with Crippen molar-refractivity contribution in [3.8, 4) is 0 Å². The van der Waals surface area contributed by atoms with Gasteiger partial charge >= 0.3 is 5.69 Å². The molecule has 104 valence electrons. The average Bonchev–Trinajstić information content (AvgIpc) is 2.38. The molecular weight excluding hydrogens is 246 g/mol. The van der Waals surface area contributed by atoms with Crippen LogP contribution in [-0.2, 0) is 0 Å². The highest BCUT2D eigenvalue weighted by molar-refractivity contribution is 5.56. The van der Waals surface area contributed by atoms with Gasteiger partial charge in [0, 0.05) is 6.54 Å². The van der Waals surface area contributed by atoms with Gasteiger partial charge in [-0.2, -0.15) is 4.98 Å². The molecule has 7 heteroatoms. The largest absolute Gasteiger partial charge is 0.368 e. The van der Waals surface area contributed by atoms with E-state index >= 15 is 0 Å².